The number of hydrogen-bond acceptors (Lipinski definition) is 3. The normalized spacial score (nSPS) is 12.1. The molecule has 0 aliphatic heterocycles. The van der Waals surface area contributed by atoms with Crippen molar-refractivity contribution in [1.82, 2.24) is 0 Å². The Morgan fingerprint density at radius 2 is 1.23 bits per heavy atom. The number of methoxy groups -OCH3 is 2. The van der Waals surface area contributed by atoms with Crippen LogP contribution in [-0.4, -0.2) is 20.0 Å². The molecular formula is C19H14Cl2F6O3. The lowest BCUT2D eigenvalue weighted by molar-refractivity contribution is -0.143. The van der Waals surface area contributed by atoms with E-state index in [9.17, 15) is 31.1 Å². The van der Waals surface area contributed by atoms with Crippen LogP contribution < -0.4 is 9.47 Å². The predicted octanol–water partition coefficient (Wildman–Crippen LogP) is 6.40. The lowest BCUT2D eigenvalue weighted by Gasteiger charge is -2.16. The van der Waals surface area contributed by atoms with Crippen molar-refractivity contribution >= 4 is 29.0 Å². The van der Waals surface area contributed by atoms with Gasteiger partial charge in [-0.15, -0.1) is 0 Å². The smallest absolute Gasteiger partial charge is 0.416 e. The van der Waals surface area contributed by atoms with E-state index in [0.29, 0.717) is 12.1 Å². The summed E-state index contributed by atoms with van der Waals surface area (Å²) in [6.45, 7) is 0. The molecule has 0 spiro atoms. The van der Waals surface area contributed by atoms with E-state index >= 15 is 0 Å². The molecule has 0 aliphatic rings. The minimum atomic E-state index is -5.01. The molecular weight excluding hydrogens is 461 g/mol. The Kier molecular flexibility index (Phi) is 7.19. The van der Waals surface area contributed by atoms with Crippen LogP contribution in [0.2, 0.25) is 10.0 Å². The second-order valence-corrected chi connectivity index (χ2v) is 7.01. The Morgan fingerprint density at radius 1 is 0.800 bits per heavy atom. The molecule has 3 nitrogen and oxygen atoms in total. The number of carbonyl (C=O) groups excluding carboxylic acids is 1. The van der Waals surface area contributed by atoms with Crippen LogP contribution in [0.1, 0.15) is 22.3 Å². The van der Waals surface area contributed by atoms with Crippen LogP contribution in [-0.2, 0) is 30.0 Å². The molecule has 164 valence electrons. The highest BCUT2D eigenvalue weighted by atomic mass is 35.5. The summed E-state index contributed by atoms with van der Waals surface area (Å²) in [6.07, 6.45) is -11.1. The second-order valence-electron chi connectivity index (χ2n) is 6.19. The van der Waals surface area contributed by atoms with Crippen molar-refractivity contribution in [1.29, 1.82) is 0 Å². The van der Waals surface area contributed by atoms with Gasteiger partial charge in [0.05, 0.1) is 35.4 Å². The van der Waals surface area contributed by atoms with Crippen molar-refractivity contribution in [2.75, 3.05) is 14.2 Å². The number of alkyl halides is 6. The third kappa shape index (κ3) is 5.51. The van der Waals surface area contributed by atoms with E-state index in [0.717, 1.165) is 0 Å². The SMILES string of the molecule is COc1c(Cl)cc(Cl)c(OC)c1CC(=O)Cc1cc(C(F)(F)F)cc(C(F)(F)F)c1. The molecule has 0 aromatic heterocycles. The Morgan fingerprint density at radius 3 is 1.60 bits per heavy atom. The first-order valence-corrected chi connectivity index (χ1v) is 8.92. The molecule has 0 N–H and O–H groups in total. The van der Waals surface area contributed by atoms with Crippen LogP contribution in [0.3, 0.4) is 0 Å². The van der Waals surface area contributed by atoms with Gasteiger partial charge in [0.25, 0.3) is 0 Å². The van der Waals surface area contributed by atoms with Crippen molar-refractivity contribution < 1.29 is 40.6 Å². The second kappa shape index (κ2) is 8.93. The summed E-state index contributed by atoms with van der Waals surface area (Å²) in [5.41, 5.74) is -3.30. The van der Waals surface area contributed by atoms with E-state index in [1.54, 1.807) is 0 Å². The zero-order chi connectivity index (χ0) is 22.9. The zero-order valence-corrected chi connectivity index (χ0v) is 17.0. The van der Waals surface area contributed by atoms with Crippen LogP contribution >= 0.6 is 23.2 Å². The van der Waals surface area contributed by atoms with E-state index in [2.05, 4.69) is 0 Å². The monoisotopic (exact) mass is 474 g/mol. The van der Waals surface area contributed by atoms with E-state index in [1.165, 1.54) is 20.3 Å². The van der Waals surface area contributed by atoms with E-state index < -0.39 is 47.7 Å². The van der Waals surface area contributed by atoms with Crippen LogP contribution in [0.4, 0.5) is 26.3 Å². The maximum absolute atomic E-state index is 13.0. The molecule has 0 radical (unpaired) electrons. The topological polar surface area (TPSA) is 35.5 Å². The van der Waals surface area contributed by atoms with E-state index in [-0.39, 0.29) is 33.2 Å². The first-order valence-electron chi connectivity index (χ1n) is 8.16. The molecule has 30 heavy (non-hydrogen) atoms. The van der Waals surface area contributed by atoms with Crippen molar-refractivity contribution in [2.45, 2.75) is 25.2 Å². The number of carbonyl (C=O) groups is 1. The molecule has 2 aromatic carbocycles. The summed E-state index contributed by atoms with van der Waals surface area (Å²) < 4.78 is 88.2. The third-order valence-electron chi connectivity index (χ3n) is 4.07. The van der Waals surface area contributed by atoms with E-state index in [4.69, 9.17) is 32.7 Å². The number of hydrogen-bond donors (Lipinski definition) is 0. The summed E-state index contributed by atoms with van der Waals surface area (Å²) in [5.74, 6) is -0.574. The quantitative estimate of drug-likeness (QED) is 0.454. The number of benzene rings is 2. The van der Waals surface area contributed by atoms with Gasteiger partial charge in [0.1, 0.15) is 17.3 Å². The Bertz CT molecular complexity index is 894. The van der Waals surface area contributed by atoms with Gasteiger partial charge in [0, 0.05) is 18.4 Å². The molecule has 11 heteroatoms. The van der Waals surface area contributed by atoms with E-state index in [1.807, 2.05) is 0 Å². The van der Waals surface area contributed by atoms with Crippen molar-refractivity contribution in [3.8, 4) is 11.5 Å². The molecule has 2 aromatic rings. The van der Waals surface area contributed by atoms with Crippen molar-refractivity contribution in [2.24, 2.45) is 0 Å². The van der Waals surface area contributed by atoms with Crippen molar-refractivity contribution in [3.63, 3.8) is 0 Å². The molecule has 0 bridgehead atoms. The molecule has 0 aliphatic carbocycles. The van der Waals surface area contributed by atoms with Gasteiger partial charge in [0.2, 0.25) is 0 Å². The number of ether oxygens (including phenoxy) is 2. The minimum Gasteiger partial charge on any atom is -0.495 e. The first-order chi connectivity index (χ1) is 13.8. The molecule has 0 atom stereocenters. The van der Waals surface area contributed by atoms with Crippen LogP contribution in [0.15, 0.2) is 24.3 Å². The number of halogens is 8. The summed E-state index contributed by atoms with van der Waals surface area (Å²) in [7, 11) is 2.54. The average Bonchev–Trinajstić information content (AvgIpc) is 2.60. The highest BCUT2D eigenvalue weighted by molar-refractivity contribution is 6.36. The van der Waals surface area contributed by atoms with Gasteiger partial charge in [0.15, 0.2) is 0 Å². The number of rotatable bonds is 6. The van der Waals surface area contributed by atoms with Gasteiger partial charge in [-0.25, -0.2) is 0 Å². The van der Waals surface area contributed by atoms with Gasteiger partial charge < -0.3 is 9.47 Å². The molecule has 0 amide bonds. The van der Waals surface area contributed by atoms with Gasteiger partial charge in [-0.05, 0) is 29.8 Å². The summed E-state index contributed by atoms with van der Waals surface area (Å²) in [5, 5.41) is 0.119. The lowest BCUT2D eigenvalue weighted by Crippen LogP contribution is -2.14. The van der Waals surface area contributed by atoms with Crippen molar-refractivity contribution in [3.05, 3.63) is 56.6 Å². The fourth-order valence-corrected chi connectivity index (χ4v) is 3.50. The molecule has 0 saturated heterocycles. The maximum atomic E-state index is 13.0. The summed E-state index contributed by atoms with van der Waals surface area (Å²) in [6, 6.07) is 2.33. The van der Waals surface area contributed by atoms with Gasteiger partial charge in [-0.1, -0.05) is 23.2 Å². The lowest BCUT2D eigenvalue weighted by atomic mass is 9.97. The van der Waals surface area contributed by atoms with Crippen LogP contribution in [0.25, 0.3) is 0 Å². The summed E-state index contributed by atoms with van der Waals surface area (Å²) >= 11 is 12.0. The Hall–Kier alpha value is -2.13. The number of ketones is 1. The Balaban J connectivity index is 2.42. The molecule has 0 unspecified atom stereocenters. The highest BCUT2D eigenvalue weighted by Crippen LogP contribution is 2.42. The average molecular weight is 475 g/mol. The number of Topliss-reactive ketones (excluding diaryl/α,β-unsaturated/α-hetero) is 1. The van der Waals surface area contributed by atoms with Gasteiger partial charge in [-0.3, -0.25) is 4.79 Å². The standard InChI is InChI=1S/C19H14Cl2F6O3/c1-29-16-13(17(30-2)15(21)8-14(16)20)7-12(28)5-9-3-10(18(22,23)24)6-11(4-9)19(25,26)27/h3-4,6,8H,5,7H2,1-2H3. The fraction of sp³-hybridized carbons (Fsp3) is 0.316. The van der Waals surface area contributed by atoms with Crippen LogP contribution in [0.5, 0.6) is 11.5 Å². The largest absolute Gasteiger partial charge is 0.495 e. The minimum absolute atomic E-state index is 0.00320. The first kappa shape index (κ1) is 24.1. The third-order valence-corrected chi connectivity index (χ3v) is 4.63. The van der Waals surface area contributed by atoms with Gasteiger partial charge >= 0.3 is 12.4 Å². The molecule has 0 heterocycles. The van der Waals surface area contributed by atoms with Crippen LogP contribution in [0, 0.1) is 0 Å². The highest BCUT2D eigenvalue weighted by Gasteiger charge is 2.37. The molecule has 2 rings (SSSR count). The van der Waals surface area contributed by atoms with Gasteiger partial charge in [-0.2, -0.15) is 26.3 Å². The molecule has 0 saturated carbocycles. The molecule has 0 fully saturated rings. The maximum Gasteiger partial charge on any atom is 0.416 e. The zero-order valence-electron chi connectivity index (χ0n) is 15.5. The fourth-order valence-electron chi connectivity index (χ4n) is 2.84. The predicted molar refractivity (Wildman–Crippen MR) is 98.4 cm³/mol. The Labute approximate surface area is 177 Å². The summed E-state index contributed by atoms with van der Waals surface area (Å²) in [4.78, 5) is 12.5.